The third-order valence-electron chi connectivity index (χ3n) is 3.00. The molecule has 0 spiro atoms. The Kier molecular flexibility index (Phi) is 3.14. The summed E-state index contributed by atoms with van der Waals surface area (Å²) >= 11 is 0. The molecule has 100 valence electrons. The molecule has 5 nitrogen and oxygen atoms in total. The second kappa shape index (κ2) is 4.50. The Hall–Kier alpha value is -2.17. The van der Waals surface area contributed by atoms with Crippen LogP contribution in [0.1, 0.15) is 32.0 Å². The third-order valence-corrected chi connectivity index (χ3v) is 3.00. The maximum atomic E-state index is 10.7. The number of aromatic nitrogens is 2. The molecule has 0 aliphatic rings. The maximum Gasteiger partial charge on any atom is 0.269 e. The van der Waals surface area contributed by atoms with Crippen LogP contribution in [0.2, 0.25) is 0 Å². The summed E-state index contributed by atoms with van der Waals surface area (Å²) in [5.74, 6) is 0. The Morgan fingerprint density at radius 3 is 2.42 bits per heavy atom. The lowest BCUT2D eigenvalue weighted by Crippen LogP contribution is -2.12. The van der Waals surface area contributed by atoms with Crippen LogP contribution in [0.3, 0.4) is 0 Å². The zero-order valence-corrected chi connectivity index (χ0v) is 11.5. The average Bonchev–Trinajstić information content (AvgIpc) is 2.77. The van der Waals surface area contributed by atoms with Gasteiger partial charge in [0.25, 0.3) is 5.69 Å². The van der Waals surface area contributed by atoms with Crippen molar-refractivity contribution in [2.45, 2.75) is 33.1 Å². The molecular weight excluding hydrogens is 242 g/mol. The predicted molar refractivity (Wildman–Crippen MR) is 73.7 cm³/mol. The number of rotatable bonds is 2. The summed E-state index contributed by atoms with van der Waals surface area (Å²) in [7, 11) is 0. The van der Waals surface area contributed by atoms with Crippen molar-refractivity contribution in [2.75, 3.05) is 0 Å². The first-order valence-electron chi connectivity index (χ1n) is 6.10. The molecule has 19 heavy (non-hydrogen) atoms. The van der Waals surface area contributed by atoms with Crippen molar-refractivity contribution in [3.63, 3.8) is 0 Å². The summed E-state index contributed by atoms with van der Waals surface area (Å²) in [5.41, 5.74) is 2.77. The molecule has 5 heteroatoms. The number of nitro groups is 1. The summed E-state index contributed by atoms with van der Waals surface area (Å²) in [4.78, 5) is 10.3. The van der Waals surface area contributed by atoms with Crippen LogP contribution in [-0.4, -0.2) is 14.7 Å². The van der Waals surface area contributed by atoms with Gasteiger partial charge < -0.3 is 0 Å². The van der Waals surface area contributed by atoms with E-state index in [0.29, 0.717) is 0 Å². The number of hydrogen-bond acceptors (Lipinski definition) is 3. The van der Waals surface area contributed by atoms with Gasteiger partial charge in [-0.1, -0.05) is 20.8 Å². The molecule has 0 saturated heterocycles. The smallest absolute Gasteiger partial charge is 0.258 e. The zero-order chi connectivity index (χ0) is 14.2. The van der Waals surface area contributed by atoms with Crippen molar-refractivity contribution < 1.29 is 4.92 Å². The highest BCUT2D eigenvalue weighted by molar-refractivity contribution is 5.47. The number of aryl methyl sites for hydroxylation is 1. The van der Waals surface area contributed by atoms with E-state index in [0.717, 1.165) is 16.9 Å². The molecule has 0 saturated carbocycles. The highest BCUT2D eigenvalue weighted by atomic mass is 16.6. The largest absolute Gasteiger partial charge is 0.269 e. The van der Waals surface area contributed by atoms with Gasteiger partial charge in [-0.2, -0.15) is 5.10 Å². The van der Waals surface area contributed by atoms with E-state index in [4.69, 9.17) is 0 Å². The summed E-state index contributed by atoms with van der Waals surface area (Å²) in [6.45, 7) is 8.15. The van der Waals surface area contributed by atoms with Crippen LogP contribution in [0.15, 0.2) is 30.5 Å². The summed E-state index contributed by atoms with van der Waals surface area (Å²) < 4.78 is 1.76. The first-order chi connectivity index (χ1) is 8.79. The van der Waals surface area contributed by atoms with Crippen molar-refractivity contribution in [2.24, 2.45) is 0 Å². The van der Waals surface area contributed by atoms with E-state index in [1.807, 2.05) is 19.2 Å². The predicted octanol–water partition coefficient (Wildman–Crippen LogP) is 3.39. The van der Waals surface area contributed by atoms with E-state index in [2.05, 4.69) is 25.9 Å². The molecule has 0 fully saturated rings. The van der Waals surface area contributed by atoms with Crippen LogP contribution >= 0.6 is 0 Å². The van der Waals surface area contributed by atoms with Crippen LogP contribution in [-0.2, 0) is 5.41 Å². The van der Waals surface area contributed by atoms with Crippen LogP contribution in [0.5, 0.6) is 0 Å². The fraction of sp³-hybridized carbons (Fsp3) is 0.357. The molecule has 1 heterocycles. The van der Waals surface area contributed by atoms with Gasteiger partial charge in [0.2, 0.25) is 0 Å². The standard InChI is InChI=1S/C14H17N3O2/c1-10-9-11(17(18)19)5-6-12(10)16-8-7-13(15-16)14(2,3)4/h5-9H,1-4H3. The molecule has 1 aromatic heterocycles. The molecule has 0 aliphatic heterocycles. The molecule has 0 atom stereocenters. The number of benzene rings is 1. The van der Waals surface area contributed by atoms with Crippen LogP contribution in [0.25, 0.3) is 5.69 Å². The van der Waals surface area contributed by atoms with Gasteiger partial charge in [-0.15, -0.1) is 0 Å². The molecular formula is C14H17N3O2. The molecule has 0 radical (unpaired) electrons. The fourth-order valence-corrected chi connectivity index (χ4v) is 1.87. The Labute approximate surface area is 112 Å². The second-order valence-electron chi connectivity index (χ2n) is 5.62. The lowest BCUT2D eigenvalue weighted by atomic mass is 9.93. The van der Waals surface area contributed by atoms with E-state index in [1.54, 1.807) is 16.8 Å². The van der Waals surface area contributed by atoms with Crippen LogP contribution in [0.4, 0.5) is 5.69 Å². The second-order valence-corrected chi connectivity index (χ2v) is 5.62. The number of hydrogen-bond donors (Lipinski definition) is 0. The van der Waals surface area contributed by atoms with Gasteiger partial charge >= 0.3 is 0 Å². The van der Waals surface area contributed by atoms with Gasteiger partial charge in [0.05, 0.1) is 16.3 Å². The number of nitro benzene ring substituents is 1. The van der Waals surface area contributed by atoms with Crippen molar-refractivity contribution in [1.29, 1.82) is 0 Å². The molecule has 0 amide bonds. The average molecular weight is 259 g/mol. The normalized spacial score (nSPS) is 11.6. The molecule has 0 bridgehead atoms. The van der Waals surface area contributed by atoms with E-state index in [1.165, 1.54) is 6.07 Å². The summed E-state index contributed by atoms with van der Waals surface area (Å²) in [5, 5.41) is 15.3. The molecule has 2 rings (SSSR count). The van der Waals surface area contributed by atoms with E-state index < -0.39 is 0 Å². The van der Waals surface area contributed by atoms with Gasteiger partial charge in [0.15, 0.2) is 0 Å². The number of non-ortho nitro benzene ring substituents is 1. The molecule has 0 unspecified atom stereocenters. The van der Waals surface area contributed by atoms with Gasteiger partial charge in [-0.05, 0) is 24.6 Å². The van der Waals surface area contributed by atoms with E-state index in [9.17, 15) is 10.1 Å². The van der Waals surface area contributed by atoms with Crippen molar-refractivity contribution in [3.05, 3.63) is 51.8 Å². The Balaban J connectivity index is 2.43. The third kappa shape index (κ3) is 2.65. The molecule has 2 aromatic rings. The van der Waals surface area contributed by atoms with Gasteiger partial charge in [0.1, 0.15) is 0 Å². The first-order valence-corrected chi connectivity index (χ1v) is 6.10. The molecule has 0 aliphatic carbocycles. The van der Waals surface area contributed by atoms with Crippen LogP contribution in [0, 0.1) is 17.0 Å². The fourth-order valence-electron chi connectivity index (χ4n) is 1.87. The van der Waals surface area contributed by atoms with Crippen LogP contribution < -0.4 is 0 Å². The molecule has 1 aromatic carbocycles. The van der Waals surface area contributed by atoms with Crippen molar-refractivity contribution in [1.82, 2.24) is 9.78 Å². The van der Waals surface area contributed by atoms with Gasteiger partial charge in [-0.25, -0.2) is 4.68 Å². The lowest BCUT2D eigenvalue weighted by molar-refractivity contribution is -0.384. The monoisotopic (exact) mass is 259 g/mol. The highest BCUT2D eigenvalue weighted by Gasteiger charge is 2.18. The summed E-state index contributed by atoms with van der Waals surface area (Å²) in [6.07, 6.45) is 1.88. The Morgan fingerprint density at radius 1 is 1.26 bits per heavy atom. The quantitative estimate of drug-likeness (QED) is 0.613. The minimum atomic E-state index is -0.388. The van der Waals surface area contributed by atoms with Crippen molar-refractivity contribution in [3.8, 4) is 5.69 Å². The maximum absolute atomic E-state index is 10.7. The highest BCUT2D eigenvalue weighted by Crippen LogP contribution is 2.23. The van der Waals surface area contributed by atoms with Gasteiger partial charge in [-0.3, -0.25) is 10.1 Å². The topological polar surface area (TPSA) is 61.0 Å². The SMILES string of the molecule is Cc1cc([N+](=O)[O-])ccc1-n1ccc(C(C)(C)C)n1. The first kappa shape index (κ1) is 13.3. The van der Waals surface area contributed by atoms with E-state index >= 15 is 0 Å². The van der Waals surface area contributed by atoms with Crippen molar-refractivity contribution >= 4 is 5.69 Å². The van der Waals surface area contributed by atoms with Gasteiger partial charge in [0, 0.05) is 23.7 Å². The Morgan fingerprint density at radius 2 is 1.95 bits per heavy atom. The summed E-state index contributed by atoms with van der Waals surface area (Å²) in [6, 6.07) is 6.77. The zero-order valence-electron chi connectivity index (χ0n) is 11.5. The lowest BCUT2D eigenvalue weighted by Gasteiger charge is -2.14. The Bertz CT molecular complexity index is 624. The minimum Gasteiger partial charge on any atom is -0.258 e. The van der Waals surface area contributed by atoms with E-state index in [-0.39, 0.29) is 16.0 Å². The molecule has 0 N–H and O–H groups in total. The minimum absolute atomic E-state index is 0.0140. The number of nitrogens with zero attached hydrogens (tertiary/aromatic N) is 3.